The Hall–Kier alpha value is -3.19. The maximum absolute atomic E-state index is 13.3. The molecule has 0 radical (unpaired) electrons. The molecule has 3 rings (SSSR count). The van der Waals surface area contributed by atoms with Crippen molar-refractivity contribution in [3.63, 3.8) is 0 Å². The molecule has 2 aromatic rings. The van der Waals surface area contributed by atoms with E-state index in [0.29, 0.717) is 24.1 Å². The van der Waals surface area contributed by atoms with Crippen LogP contribution in [0.4, 0.5) is 5.69 Å². The minimum absolute atomic E-state index is 0.0673. The van der Waals surface area contributed by atoms with E-state index in [2.05, 4.69) is 5.32 Å². The molecule has 1 saturated carbocycles. The van der Waals surface area contributed by atoms with Crippen molar-refractivity contribution < 1.29 is 28.3 Å². The molecule has 0 atom stereocenters. The highest BCUT2D eigenvalue weighted by molar-refractivity contribution is 6.05. The summed E-state index contributed by atoms with van der Waals surface area (Å²) < 4.78 is 10.4. The highest BCUT2D eigenvalue weighted by Gasteiger charge is 2.63. The van der Waals surface area contributed by atoms with E-state index >= 15 is 0 Å². The number of nitrogens with zero attached hydrogens (tertiary/aromatic N) is 1. The van der Waals surface area contributed by atoms with E-state index in [4.69, 9.17) is 9.47 Å². The van der Waals surface area contributed by atoms with Crippen LogP contribution in [0.25, 0.3) is 0 Å². The van der Waals surface area contributed by atoms with Gasteiger partial charge < -0.3 is 19.3 Å². The SMILES string of the molecule is COC(=O)c1cccc(C)c1NC(=O)C1([N+](C)(C)CC(=O)OCc2ccccc2)CC1. The Morgan fingerprint density at radius 1 is 1.03 bits per heavy atom. The lowest BCUT2D eigenvalue weighted by atomic mass is 10.1. The molecule has 1 fully saturated rings. The largest absolute Gasteiger partial charge is 0.465 e. The predicted molar refractivity (Wildman–Crippen MR) is 116 cm³/mol. The Balaban J connectivity index is 1.70. The predicted octanol–water partition coefficient (Wildman–Crippen LogP) is 3.07. The van der Waals surface area contributed by atoms with E-state index in [1.54, 1.807) is 12.1 Å². The number of benzene rings is 2. The van der Waals surface area contributed by atoms with Gasteiger partial charge in [0.2, 0.25) is 0 Å². The molecular formula is C24H29N2O5+. The molecule has 7 nitrogen and oxygen atoms in total. The number of aryl methyl sites for hydroxylation is 1. The molecule has 164 valence electrons. The summed E-state index contributed by atoms with van der Waals surface area (Å²) in [6.07, 6.45) is 1.30. The van der Waals surface area contributed by atoms with Crippen LogP contribution in [0.5, 0.6) is 0 Å². The second-order valence-corrected chi connectivity index (χ2v) is 8.46. The van der Waals surface area contributed by atoms with Gasteiger partial charge >= 0.3 is 11.9 Å². The van der Waals surface area contributed by atoms with Gasteiger partial charge in [0.25, 0.3) is 5.91 Å². The third-order valence-corrected chi connectivity index (χ3v) is 5.99. The average molecular weight is 426 g/mol. The lowest BCUT2D eigenvalue weighted by molar-refractivity contribution is -0.909. The molecule has 31 heavy (non-hydrogen) atoms. The van der Waals surface area contributed by atoms with Crippen LogP contribution in [-0.2, 0) is 25.7 Å². The molecule has 0 heterocycles. The first-order valence-electron chi connectivity index (χ1n) is 10.2. The third-order valence-electron chi connectivity index (χ3n) is 5.99. The van der Waals surface area contributed by atoms with Gasteiger partial charge in [0.1, 0.15) is 6.61 Å². The number of amides is 1. The first-order valence-corrected chi connectivity index (χ1v) is 10.2. The molecule has 7 heteroatoms. The Morgan fingerprint density at radius 2 is 1.71 bits per heavy atom. The normalized spacial score (nSPS) is 14.5. The summed E-state index contributed by atoms with van der Waals surface area (Å²) in [6, 6.07) is 14.7. The molecule has 1 aliphatic carbocycles. The maximum Gasteiger partial charge on any atom is 0.362 e. The van der Waals surface area contributed by atoms with Gasteiger partial charge in [-0.05, 0) is 24.1 Å². The van der Waals surface area contributed by atoms with Crippen LogP contribution >= 0.6 is 0 Å². The highest BCUT2D eigenvalue weighted by Crippen LogP contribution is 2.46. The van der Waals surface area contributed by atoms with Crippen molar-refractivity contribution >= 4 is 23.5 Å². The number of quaternary nitrogens is 1. The molecule has 0 aliphatic heterocycles. The molecule has 0 aromatic heterocycles. The molecule has 1 N–H and O–H groups in total. The zero-order valence-electron chi connectivity index (χ0n) is 18.4. The monoisotopic (exact) mass is 425 g/mol. The van der Waals surface area contributed by atoms with Gasteiger partial charge in [-0.25, -0.2) is 9.59 Å². The second-order valence-electron chi connectivity index (χ2n) is 8.46. The molecule has 0 spiro atoms. The summed E-state index contributed by atoms with van der Waals surface area (Å²) in [7, 11) is 5.02. The van der Waals surface area contributed by atoms with Gasteiger partial charge in [-0.2, -0.15) is 0 Å². The first-order chi connectivity index (χ1) is 14.7. The quantitative estimate of drug-likeness (QED) is 0.519. The van der Waals surface area contributed by atoms with Crippen LogP contribution in [0.3, 0.4) is 0 Å². The molecular weight excluding hydrogens is 396 g/mol. The second kappa shape index (κ2) is 8.89. The summed E-state index contributed by atoms with van der Waals surface area (Å²) in [4.78, 5) is 37.9. The number of hydrogen-bond acceptors (Lipinski definition) is 5. The number of ether oxygens (including phenoxy) is 2. The zero-order chi connectivity index (χ0) is 22.6. The van der Waals surface area contributed by atoms with Crippen molar-refractivity contribution in [3.05, 3.63) is 65.2 Å². The summed E-state index contributed by atoms with van der Waals surface area (Å²) in [5.41, 5.74) is 1.67. The number of rotatable bonds is 8. The molecule has 1 aliphatic rings. The van der Waals surface area contributed by atoms with E-state index < -0.39 is 11.5 Å². The number of para-hydroxylation sites is 1. The molecule has 0 unspecified atom stereocenters. The Bertz CT molecular complexity index is 981. The van der Waals surface area contributed by atoms with E-state index in [-0.39, 0.29) is 29.5 Å². The molecule has 1 amide bonds. The molecule has 0 saturated heterocycles. The number of anilines is 1. The van der Waals surface area contributed by atoms with Crippen LogP contribution in [-0.4, -0.2) is 55.6 Å². The lowest BCUT2D eigenvalue weighted by Gasteiger charge is -2.36. The number of esters is 2. The van der Waals surface area contributed by atoms with Crippen LogP contribution in [0.15, 0.2) is 48.5 Å². The van der Waals surface area contributed by atoms with E-state index in [1.165, 1.54) is 7.11 Å². The van der Waals surface area contributed by atoms with Gasteiger partial charge in [-0.3, -0.25) is 4.79 Å². The number of likely N-dealkylation sites (N-methyl/N-ethyl adjacent to an activating group) is 1. The Labute approximate surface area is 182 Å². The van der Waals surface area contributed by atoms with Crippen molar-refractivity contribution in [2.24, 2.45) is 0 Å². The topological polar surface area (TPSA) is 81.7 Å². The van der Waals surface area contributed by atoms with Crippen LogP contribution in [0, 0.1) is 6.92 Å². The van der Waals surface area contributed by atoms with Gasteiger partial charge in [0.05, 0.1) is 32.5 Å². The van der Waals surface area contributed by atoms with Crippen molar-refractivity contribution in [2.45, 2.75) is 31.9 Å². The summed E-state index contributed by atoms with van der Waals surface area (Å²) in [5.74, 6) is -1.09. The Kier molecular flexibility index (Phi) is 6.45. The Morgan fingerprint density at radius 3 is 2.32 bits per heavy atom. The van der Waals surface area contributed by atoms with E-state index in [0.717, 1.165) is 11.1 Å². The molecule has 0 bridgehead atoms. The number of methoxy groups -OCH3 is 1. The number of nitrogens with one attached hydrogen (secondary N) is 1. The van der Waals surface area contributed by atoms with Crippen molar-refractivity contribution in [1.82, 2.24) is 0 Å². The van der Waals surface area contributed by atoms with Crippen molar-refractivity contribution in [1.29, 1.82) is 0 Å². The minimum Gasteiger partial charge on any atom is -0.465 e. The number of hydrogen-bond donors (Lipinski definition) is 1. The van der Waals surface area contributed by atoms with Crippen LogP contribution in [0.1, 0.15) is 34.3 Å². The fraction of sp³-hybridized carbons (Fsp3) is 0.375. The third kappa shape index (κ3) is 4.77. The van der Waals surface area contributed by atoms with Gasteiger partial charge in [-0.15, -0.1) is 0 Å². The van der Waals surface area contributed by atoms with Crippen molar-refractivity contribution in [2.75, 3.05) is 33.1 Å². The van der Waals surface area contributed by atoms with Crippen LogP contribution < -0.4 is 5.32 Å². The lowest BCUT2D eigenvalue weighted by Crippen LogP contribution is -2.59. The fourth-order valence-corrected chi connectivity index (χ4v) is 3.83. The summed E-state index contributed by atoms with van der Waals surface area (Å²) in [5, 5.41) is 2.93. The summed E-state index contributed by atoms with van der Waals surface area (Å²) >= 11 is 0. The fourth-order valence-electron chi connectivity index (χ4n) is 3.83. The van der Waals surface area contributed by atoms with Gasteiger partial charge in [0.15, 0.2) is 12.1 Å². The van der Waals surface area contributed by atoms with E-state index in [1.807, 2.05) is 57.4 Å². The first kappa shape index (κ1) is 22.5. The van der Waals surface area contributed by atoms with Gasteiger partial charge in [0, 0.05) is 12.8 Å². The maximum atomic E-state index is 13.3. The van der Waals surface area contributed by atoms with E-state index in [9.17, 15) is 14.4 Å². The van der Waals surface area contributed by atoms with Gasteiger partial charge in [-0.1, -0.05) is 42.5 Å². The average Bonchev–Trinajstić information content (AvgIpc) is 3.56. The zero-order valence-corrected chi connectivity index (χ0v) is 18.4. The summed E-state index contributed by atoms with van der Waals surface area (Å²) in [6.45, 7) is 2.09. The number of carbonyl (C=O) groups is 3. The standard InChI is InChI=1S/C24H28N2O5/c1-17-9-8-12-19(22(28)30-4)21(17)25-23(29)24(13-14-24)26(2,3)15-20(27)31-16-18-10-6-5-7-11-18/h5-12H,13-16H2,1-4H3/p+1. The number of carbonyl (C=O) groups excluding carboxylic acids is 3. The molecule has 2 aromatic carbocycles. The smallest absolute Gasteiger partial charge is 0.362 e. The van der Waals surface area contributed by atoms with Crippen molar-refractivity contribution in [3.8, 4) is 0 Å². The minimum atomic E-state index is -0.749. The highest BCUT2D eigenvalue weighted by atomic mass is 16.5. The van der Waals surface area contributed by atoms with Crippen LogP contribution in [0.2, 0.25) is 0 Å².